The maximum Gasteiger partial charge on any atom is 0.303 e. The molecule has 0 atom stereocenters. The molecule has 0 amide bonds. The van der Waals surface area contributed by atoms with E-state index in [-0.39, 0.29) is 23.6 Å². The number of nitrogens with one attached hydrogen (secondary N) is 1. The van der Waals surface area contributed by atoms with Gasteiger partial charge in [-0.3, -0.25) is 4.79 Å². The molecule has 0 aromatic heterocycles. The number of carboxylic acid groups (broad SMARTS) is 1. The molecular weight excluding hydrogens is 278 g/mol. The van der Waals surface area contributed by atoms with Crippen LogP contribution in [-0.2, 0) is 14.8 Å². The molecule has 2 rings (SSSR count). The second-order valence-electron chi connectivity index (χ2n) is 6.40. The number of hydrogen-bond acceptors (Lipinski definition) is 3. The van der Waals surface area contributed by atoms with E-state index >= 15 is 0 Å². The van der Waals surface area contributed by atoms with Gasteiger partial charge in [-0.25, -0.2) is 13.1 Å². The van der Waals surface area contributed by atoms with Crippen LogP contribution in [-0.4, -0.2) is 31.3 Å². The molecule has 2 fully saturated rings. The molecule has 2 aliphatic rings. The van der Waals surface area contributed by atoms with Crippen molar-refractivity contribution in [3.63, 3.8) is 0 Å². The molecule has 0 spiro atoms. The highest BCUT2D eigenvalue weighted by Gasteiger charge is 2.37. The molecule has 5 nitrogen and oxygen atoms in total. The third-order valence-corrected chi connectivity index (χ3v) is 6.73. The lowest BCUT2D eigenvalue weighted by molar-refractivity contribution is -0.140. The Labute approximate surface area is 121 Å². The van der Waals surface area contributed by atoms with Crippen LogP contribution in [0.3, 0.4) is 0 Å². The Hall–Kier alpha value is -0.620. The monoisotopic (exact) mass is 303 g/mol. The first-order chi connectivity index (χ1) is 9.44. The number of carboxylic acids is 1. The zero-order valence-corrected chi connectivity index (χ0v) is 12.8. The highest BCUT2D eigenvalue weighted by Crippen LogP contribution is 2.39. The average Bonchev–Trinajstić information content (AvgIpc) is 2.92. The topological polar surface area (TPSA) is 83.5 Å². The first-order valence-corrected chi connectivity index (χ1v) is 9.19. The van der Waals surface area contributed by atoms with Crippen molar-refractivity contribution in [3.8, 4) is 0 Å². The SMILES string of the molecule is O=C(O)CC1(CNS(=O)(=O)C2CCCC2)CCCCC1. The van der Waals surface area contributed by atoms with Gasteiger partial charge < -0.3 is 5.11 Å². The lowest BCUT2D eigenvalue weighted by Gasteiger charge is -2.36. The van der Waals surface area contributed by atoms with Gasteiger partial charge in [0.2, 0.25) is 10.0 Å². The van der Waals surface area contributed by atoms with E-state index in [1.165, 1.54) is 0 Å². The molecule has 0 heterocycles. The lowest BCUT2D eigenvalue weighted by atomic mass is 9.72. The number of hydrogen-bond donors (Lipinski definition) is 2. The van der Waals surface area contributed by atoms with E-state index in [2.05, 4.69) is 4.72 Å². The Morgan fingerprint density at radius 2 is 1.70 bits per heavy atom. The second kappa shape index (κ2) is 6.43. The van der Waals surface area contributed by atoms with E-state index in [0.29, 0.717) is 0 Å². The van der Waals surface area contributed by atoms with Crippen molar-refractivity contribution in [3.05, 3.63) is 0 Å². The van der Waals surface area contributed by atoms with Crippen molar-refractivity contribution in [2.45, 2.75) is 69.5 Å². The number of aliphatic carboxylic acids is 1. The highest BCUT2D eigenvalue weighted by molar-refractivity contribution is 7.90. The van der Waals surface area contributed by atoms with Gasteiger partial charge in [0.05, 0.1) is 11.7 Å². The Morgan fingerprint density at radius 3 is 2.25 bits per heavy atom. The van der Waals surface area contributed by atoms with Gasteiger partial charge in [0.25, 0.3) is 0 Å². The van der Waals surface area contributed by atoms with Crippen LogP contribution in [0.1, 0.15) is 64.2 Å². The number of rotatable bonds is 6. The minimum absolute atomic E-state index is 0.0696. The minimum atomic E-state index is -3.28. The van der Waals surface area contributed by atoms with E-state index in [9.17, 15) is 13.2 Å². The summed E-state index contributed by atoms with van der Waals surface area (Å²) in [5.41, 5.74) is -0.379. The van der Waals surface area contributed by atoms with Gasteiger partial charge in [-0.05, 0) is 31.1 Å². The highest BCUT2D eigenvalue weighted by atomic mass is 32.2. The van der Waals surface area contributed by atoms with Gasteiger partial charge in [0.1, 0.15) is 0 Å². The molecule has 0 aromatic carbocycles. The van der Waals surface area contributed by atoms with Crippen LogP contribution >= 0.6 is 0 Å². The first-order valence-electron chi connectivity index (χ1n) is 7.64. The number of carbonyl (C=O) groups is 1. The Bertz CT molecular complexity index is 434. The van der Waals surface area contributed by atoms with Gasteiger partial charge in [0.15, 0.2) is 0 Å². The number of sulfonamides is 1. The summed E-state index contributed by atoms with van der Waals surface area (Å²) in [7, 11) is -3.28. The molecule has 0 radical (unpaired) electrons. The summed E-state index contributed by atoms with van der Waals surface area (Å²) in [5, 5.41) is 8.82. The van der Waals surface area contributed by atoms with E-state index in [4.69, 9.17) is 5.11 Å². The lowest BCUT2D eigenvalue weighted by Crippen LogP contribution is -2.43. The van der Waals surface area contributed by atoms with Crippen LogP contribution in [0.4, 0.5) is 0 Å². The smallest absolute Gasteiger partial charge is 0.303 e. The van der Waals surface area contributed by atoms with Gasteiger partial charge in [-0.15, -0.1) is 0 Å². The maximum absolute atomic E-state index is 12.2. The molecule has 116 valence electrons. The first kappa shape index (κ1) is 15.8. The van der Waals surface area contributed by atoms with Gasteiger partial charge >= 0.3 is 5.97 Å². The molecule has 0 aromatic rings. The third-order valence-electron chi connectivity index (χ3n) is 4.83. The predicted molar refractivity (Wildman–Crippen MR) is 76.9 cm³/mol. The molecule has 0 saturated heterocycles. The molecule has 2 aliphatic carbocycles. The van der Waals surface area contributed by atoms with Crippen LogP contribution in [0.15, 0.2) is 0 Å². The van der Waals surface area contributed by atoms with Crippen molar-refractivity contribution in [2.75, 3.05) is 6.54 Å². The van der Waals surface area contributed by atoms with Crippen LogP contribution in [0.25, 0.3) is 0 Å². The quantitative estimate of drug-likeness (QED) is 0.788. The van der Waals surface area contributed by atoms with Crippen LogP contribution in [0.5, 0.6) is 0 Å². The maximum atomic E-state index is 12.2. The fourth-order valence-corrected chi connectivity index (χ4v) is 5.31. The van der Waals surface area contributed by atoms with Crippen LogP contribution in [0.2, 0.25) is 0 Å². The van der Waals surface area contributed by atoms with E-state index in [1.807, 2.05) is 0 Å². The van der Waals surface area contributed by atoms with Gasteiger partial charge in [-0.2, -0.15) is 0 Å². The molecule has 0 aliphatic heterocycles. The van der Waals surface area contributed by atoms with E-state index < -0.39 is 16.0 Å². The Kier molecular flexibility index (Phi) is 5.07. The minimum Gasteiger partial charge on any atom is -0.481 e. The molecule has 2 saturated carbocycles. The third kappa shape index (κ3) is 3.95. The van der Waals surface area contributed by atoms with Crippen molar-refractivity contribution >= 4 is 16.0 Å². The van der Waals surface area contributed by atoms with Crippen LogP contribution < -0.4 is 4.72 Å². The fourth-order valence-electron chi connectivity index (χ4n) is 3.61. The van der Waals surface area contributed by atoms with E-state index in [0.717, 1.165) is 57.8 Å². The molecule has 2 N–H and O–H groups in total. The largest absolute Gasteiger partial charge is 0.481 e. The normalized spacial score (nSPS) is 23.8. The summed E-state index contributed by atoms with van der Waals surface area (Å²) in [5.74, 6) is -0.827. The van der Waals surface area contributed by atoms with Crippen molar-refractivity contribution in [1.82, 2.24) is 4.72 Å². The summed E-state index contributed by atoms with van der Waals surface area (Å²) < 4.78 is 27.2. The molecule has 0 unspecified atom stereocenters. The zero-order chi connectivity index (χ0) is 14.6. The van der Waals surface area contributed by atoms with Crippen molar-refractivity contribution in [1.29, 1.82) is 0 Å². The van der Waals surface area contributed by atoms with Gasteiger partial charge in [-0.1, -0.05) is 32.1 Å². The molecule has 0 bridgehead atoms. The van der Waals surface area contributed by atoms with E-state index in [1.54, 1.807) is 0 Å². The Morgan fingerprint density at radius 1 is 1.10 bits per heavy atom. The molecule has 20 heavy (non-hydrogen) atoms. The summed E-state index contributed by atoms with van der Waals surface area (Å²) in [6.07, 6.45) is 8.24. The van der Waals surface area contributed by atoms with Crippen molar-refractivity contribution < 1.29 is 18.3 Å². The molecular formula is C14H25NO4S. The summed E-state index contributed by atoms with van der Waals surface area (Å²) >= 11 is 0. The van der Waals surface area contributed by atoms with Crippen molar-refractivity contribution in [2.24, 2.45) is 5.41 Å². The zero-order valence-electron chi connectivity index (χ0n) is 11.9. The van der Waals surface area contributed by atoms with Gasteiger partial charge in [0, 0.05) is 6.54 Å². The Balaban J connectivity index is 1.99. The van der Waals surface area contributed by atoms with Crippen LogP contribution in [0, 0.1) is 5.41 Å². The summed E-state index contributed by atoms with van der Waals surface area (Å²) in [4.78, 5) is 11.1. The molecule has 6 heteroatoms. The second-order valence-corrected chi connectivity index (χ2v) is 8.45. The summed E-state index contributed by atoms with van der Waals surface area (Å²) in [6, 6.07) is 0. The fraction of sp³-hybridized carbons (Fsp3) is 0.929. The average molecular weight is 303 g/mol. The standard InChI is InChI=1S/C14H25NO4S/c16-13(17)10-14(8-4-1-5-9-14)11-15-20(18,19)12-6-2-3-7-12/h12,15H,1-11H2,(H,16,17). The predicted octanol–water partition coefficient (Wildman–Crippen LogP) is 2.27. The summed E-state index contributed by atoms with van der Waals surface area (Å²) in [6.45, 7) is 0.290.